The zero-order valence-electron chi connectivity index (χ0n) is 19.7. The number of benzene rings is 2. The smallest absolute Gasteiger partial charge is 0.253 e. The maximum Gasteiger partial charge on any atom is 0.253 e. The molecule has 1 aliphatic rings. The van der Waals surface area contributed by atoms with Crippen LogP contribution >= 0.6 is 0 Å². The molecule has 2 aromatic carbocycles. The number of hydrogen-bond donors (Lipinski definition) is 2. The van der Waals surface area contributed by atoms with E-state index >= 15 is 0 Å². The molecule has 2 aromatic rings. The molecule has 0 aromatic heterocycles. The molecule has 8 heteroatoms. The Balaban J connectivity index is 1.58. The van der Waals surface area contributed by atoms with E-state index in [-0.39, 0.29) is 17.7 Å². The normalized spacial score (nSPS) is 14.9. The van der Waals surface area contributed by atoms with Gasteiger partial charge in [-0.25, -0.2) is 8.42 Å². The molecule has 1 saturated heterocycles. The van der Waals surface area contributed by atoms with Crippen molar-refractivity contribution in [3.8, 4) is 0 Å². The number of amides is 2. The Hall–Kier alpha value is -2.87. The van der Waals surface area contributed by atoms with Crippen LogP contribution in [0.5, 0.6) is 0 Å². The number of sulfonamides is 1. The highest BCUT2D eigenvalue weighted by molar-refractivity contribution is 7.92. The lowest BCUT2D eigenvalue weighted by Crippen LogP contribution is -2.38. The average molecular weight is 472 g/mol. The van der Waals surface area contributed by atoms with Gasteiger partial charge in [-0.05, 0) is 54.5 Å². The first-order valence-corrected chi connectivity index (χ1v) is 13.2. The highest BCUT2D eigenvalue weighted by Crippen LogP contribution is 2.29. The lowest BCUT2D eigenvalue weighted by Gasteiger charge is -2.32. The Morgan fingerprint density at radius 2 is 1.70 bits per heavy atom. The maximum absolute atomic E-state index is 13.0. The van der Waals surface area contributed by atoms with E-state index in [1.54, 1.807) is 25.1 Å². The van der Waals surface area contributed by atoms with Crippen molar-refractivity contribution >= 4 is 27.5 Å². The summed E-state index contributed by atoms with van der Waals surface area (Å²) in [6.07, 6.45) is 2.84. The molecule has 3 rings (SSSR count). The fraction of sp³-hybridized carbons (Fsp3) is 0.440. The van der Waals surface area contributed by atoms with E-state index in [2.05, 4.69) is 34.3 Å². The van der Waals surface area contributed by atoms with Gasteiger partial charge in [0.1, 0.15) is 0 Å². The number of carbonyl (C=O) groups excluding carboxylic acids is 2. The fourth-order valence-corrected chi connectivity index (χ4v) is 4.58. The molecule has 0 spiro atoms. The van der Waals surface area contributed by atoms with Crippen molar-refractivity contribution in [3.63, 3.8) is 0 Å². The number of anilines is 1. The second-order valence-corrected chi connectivity index (χ2v) is 10.8. The second kappa shape index (κ2) is 10.4. The van der Waals surface area contributed by atoms with Crippen molar-refractivity contribution in [1.82, 2.24) is 10.2 Å². The second-order valence-electron chi connectivity index (χ2n) is 9.08. The van der Waals surface area contributed by atoms with Crippen molar-refractivity contribution in [2.24, 2.45) is 5.92 Å². The lowest BCUT2D eigenvalue weighted by molar-refractivity contribution is -0.124. The molecule has 7 nitrogen and oxygen atoms in total. The summed E-state index contributed by atoms with van der Waals surface area (Å²) in [5.74, 6) is 0.318. The van der Waals surface area contributed by atoms with Crippen molar-refractivity contribution in [3.05, 3.63) is 64.7 Å². The number of carbonyl (C=O) groups is 2. The lowest BCUT2D eigenvalue weighted by atomic mass is 9.88. The molecule has 2 N–H and O–H groups in total. The quantitative estimate of drug-likeness (QED) is 0.644. The molecule has 1 aliphatic heterocycles. The fourth-order valence-electron chi connectivity index (χ4n) is 3.96. The Kier molecular flexibility index (Phi) is 7.79. The van der Waals surface area contributed by atoms with Crippen LogP contribution < -0.4 is 10.0 Å². The minimum absolute atomic E-state index is 0.0281. The van der Waals surface area contributed by atoms with Crippen molar-refractivity contribution < 1.29 is 18.0 Å². The van der Waals surface area contributed by atoms with Gasteiger partial charge in [0.05, 0.1) is 11.9 Å². The summed E-state index contributed by atoms with van der Waals surface area (Å²) in [5, 5.41) is 2.93. The summed E-state index contributed by atoms with van der Waals surface area (Å²) in [7, 11) is -3.42. The number of rotatable bonds is 7. The first-order chi connectivity index (χ1) is 15.5. The van der Waals surface area contributed by atoms with Crippen LogP contribution in [0.25, 0.3) is 0 Å². The number of nitrogens with zero attached hydrogens (tertiary/aromatic N) is 1. The van der Waals surface area contributed by atoms with Crippen LogP contribution in [0, 0.1) is 12.8 Å². The van der Waals surface area contributed by atoms with Crippen LogP contribution in [0.15, 0.2) is 42.5 Å². The summed E-state index contributed by atoms with van der Waals surface area (Å²) < 4.78 is 25.7. The number of aryl methyl sites for hydroxylation is 1. The predicted octanol–water partition coefficient (Wildman–Crippen LogP) is 3.66. The highest BCUT2D eigenvalue weighted by Gasteiger charge is 2.25. The molecule has 0 aliphatic carbocycles. The standard InChI is InChI=1S/C25H33N3O4S/c1-17(2)24(29)26-16-19-6-9-20(10-7-19)21-11-13-28(14-12-21)25(30)22-8-5-18(3)23(15-22)27-33(4,31)32/h5-10,15,17,21,27H,11-14,16H2,1-4H3,(H,26,29). The van der Waals surface area contributed by atoms with E-state index in [0.717, 1.165) is 30.2 Å². The zero-order valence-corrected chi connectivity index (χ0v) is 20.5. The third-order valence-electron chi connectivity index (χ3n) is 6.00. The van der Waals surface area contributed by atoms with E-state index in [0.29, 0.717) is 36.8 Å². The molecule has 0 unspecified atom stereocenters. The molecule has 178 valence electrons. The van der Waals surface area contributed by atoms with Crippen LogP contribution in [-0.2, 0) is 21.4 Å². The van der Waals surface area contributed by atoms with Gasteiger partial charge < -0.3 is 10.2 Å². The third-order valence-corrected chi connectivity index (χ3v) is 6.59. The van der Waals surface area contributed by atoms with E-state index in [4.69, 9.17) is 0 Å². The highest BCUT2D eigenvalue weighted by atomic mass is 32.2. The van der Waals surface area contributed by atoms with E-state index < -0.39 is 10.0 Å². The Bertz CT molecular complexity index is 1100. The molecule has 1 heterocycles. The predicted molar refractivity (Wildman–Crippen MR) is 131 cm³/mol. The summed E-state index contributed by atoms with van der Waals surface area (Å²) >= 11 is 0. The Morgan fingerprint density at radius 3 is 2.27 bits per heavy atom. The molecule has 33 heavy (non-hydrogen) atoms. The van der Waals surface area contributed by atoms with Crippen LogP contribution in [0.1, 0.15) is 59.7 Å². The van der Waals surface area contributed by atoms with Gasteiger partial charge in [-0.1, -0.05) is 44.2 Å². The molecular formula is C25H33N3O4S. The maximum atomic E-state index is 13.0. The number of hydrogen-bond acceptors (Lipinski definition) is 4. The summed E-state index contributed by atoms with van der Waals surface area (Å²) in [6, 6.07) is 13.4. The molecule has 0 saturated carbocycles. The minimum atomic E-state index is -3.42. The van der Waals surface area contributed by atoms with Crippen LogP contribution in [0.2, 0.25) is 0 Å². The monoisotopic (exact) mass is 471 g/mol. The van der Waals surface area contributed by atoms with E-state index in [9.17, 15) is 18.0 Å². The van der Waals surface area contributed by atoms with Crippen molar-refractivity contribution in [2.45, 2.75) is 46.1 Å². The molecule has 2 amide bonds. The molecule has 0 radical (unpaired) electrons. The first kappa shape index (κ1) is 24.8. The van der Waals surface area contributed by atoms with Gasteiger partial charge in [0, 0.05) is 31.1 Å². The van der Waals surface area contributed by atoms with Gasteiger partial charge in [0.15, 0.2) is 0 Å². The van der Waals surface area contributed by atoms with Gasteiger partial charge in [-0.2, -0.15) is 0 Å². The molecule has 0 atom stereocenters. The van der Waals surface area contributed by atoms with E-state index in [1.165, 1.54) is 5.56 Å². The van der Waals surface area contributed by atoms with Crippen LogP contribution in [0.3, 0.4) is 0 Å². The van der Waals surface area contributed by atoms with Gasteiger partial charge in [0.2, 0.25) is 15.9 Å². The minimum Gasteiger partial charge on any atom is -0.352 e. The van der Waals surface area contributed by atoms with Gasteiger partial charge in [-0.3, -0.25) is 14.3 Å². The average Bonchev–Trinajstić information content (AvgIpc) is 2.78. The van der Waals surface area contributed by atoms with Crippen molar-refractivity contribution in [1.29, 1.82) is 0 Å². The number of piperidine rings is 1. The zero-order chi connectivity index (χ0) is 24.2. The third kappa shape index (κ3) is 6.81. The van der Waals surface area contributed by atoms with E-state index in [1.807, 2.05) is 18.7 Å². The number of nitrogens with one attached hydrogen (secondary N) is 2. The van der Waals surface area contributed by atoms with Crippen LogP contribution in [0.4, 0.5) is 5.69 Å². The topological polar surface area (TPSA) is 95.6 Å². The summed E-state index contributed by atoms with van der Waals surface area (Å²) in [5.41, 5.74) is 4.00. The Morgan fingerprint density at radius 1 is 1.06 bits per heavy atom. The van der Waals surface area contributed by atoms with Gasteiger partial charge in [-0.15, -0.1) is 0 Å². The van der Waals surface area contributed by atoms with Gasteiger partial charge in [0.25, 0.3) is 5.91 Å². The molecular weight excluding hydrogens is 438 g/mol. The first-order valence-electron chi connectivity index (χ1n) is 11.3. The SMILES string of the molecule is Cc1ccc(C(=O)N2CCC(c3ccc(CNC(=O)C(C)C)cc3)CC2)cc1NS(C)(=O)=O. The summed E-state index contributed by atoms with van der Waals surface area (Å²) in [6.45, 7) is 7.38. The summed E-state index contributed by atoms with van der Waals surface area (Å²) in [4.78, 5) is 26.6. The van der Waals surface area contributed by atoms with Crippen LogP contribution in [-0.4, -0.2) is 44.5 Å². The molecule has 1 fully saturated rings. The van der Waals surface area contributed by atoms with Crippen molar-refractivity contribution in [2.75, 3.05) is 24.1 Å². The number of likely N-dealkylation sites (tertiary alicyclic amines) is 1. The largest absolute Gasteiger partial charge is 0.352 e. The van der Waals surface area contributed by atoms with Gasteiger partial charge >= 0.3 is 0 Å². The Labute approximate surface area is 196 Å². The molecule has 0 bridgehead atoms.